The molecule has 0 aromatic heterocycles. The summed E-state index contributed by atoms with van der Waals surface area (Å²) >= 11 is 9.54. The van der Waals surface area contributed by atoms with Crippen LogP contribution < -0.4 is 16.0 Å². The fraction of sp³-hybridized carbons (Fsp3) is 0.0833. The lowest BCUT2D eigenvalue weighted by atomic mass is 10.1. The first-order chi connectivity index (χ1) is 9.56. The molecule has 8 heteroatoms. The van der Waals surface area contributed by atoms with Gasteiger partial charge in [0.1, 0.15) is 5.57 Å². The van der Waals surface area contributed by atoms with E-state index in [0.717, 1.165) is 5.57 Å². The average molecular weight is 306 g/mol. The predicted octanol–water partition coefficient (Wildman–Crippen LogP) is -0.115. The molecule has 0 atom stereocenters. The molecule has 0 radical (unpaired) electrons. The molecule has 2 heterocycles. The number of amides is 2. The Morgan fingerprint density at radius 2 is 1.75 bits per heavy atom. The van der Waals surface area contributed by atoms with Crippen LogP contribution in [0.1, 0.15) is 0 Å². The van der Waals surface area contributed by atoms with E-state index in [2.05, 4.69) is 20.9 Å². The third-order valence-corrected chi connectivity index (χ3v) is 2.87. The molecular weight excluding hydrogens is 296 g/mol. The van der Waals surface area contributed by atoms with Gasteiger partial charge in [-0.1, -0.05) is 18.2 Å². The number of rotatable bonds is 2. The lowest BCUT2D eigenvalue weighted by Gasteiger charge is -2.15. The average Bonchev–Trinajstić information content (AvgIpc) is 2.39. The summed E-state index contributed by atoms with van der Waals surface area (Å²) in [5.74, 6) is -1.02. The quantitative estimate of drug-likeness (QED) is 0.377. The highest BCUT2D eigenvalue weighted by molar-refractivity contribution is 7.80. The minimum atomic E-state index is -0.512. The lowest BCUT2D eigenvalue weighted by Crippen LogP contribution is -2.51. The number of nitrogens with one attached hydrogen (secondary N) is 3. The molecule has 6 nitrogen and oxygen atoms in total. The molecule has 0 saturated carbocycles. The van der Waals surface area contributed by atoms with E-state index in [9.17, 15) is 9.59 Å². The van der Waals surface area contributed by atoms with Gasteiger partial charge in [-0.05, 0) is 36.1 Å². The molecule has 2 amide bonds. The Balaban J connectivity index is 2.03. The summed E-state index contributed by atoms with van der Waals surface area (Å²) in [6.45, 7) is 0.596. The molecule has 2 rings (SSSR count). The molecule has 0 bridgehead atoms. The molecule has 20 heavy (non-hydrogen) atoms. The van der Waals surface area contributed by atoms with Gasteiger partial charge in [0.25, 0.3) is 11.8 Å². The van der Waals surface area contributed by atoms with Crippen LogP contribution in [0.25, 0.3) is 0 Å². The normalized spacial score (nSPS) is 21.0. The SMILES string of the molecule is O=C1NC(=S)NC(=O)C1=CC=CC=C1C=NC(=S)NC1. The Morgan fingerprint density at radius 3 is 2.35 bits per heavy atom. The first-order valence-electron chi connectivity index (χ1n) is 5.62. The standard InChI is InChI=1S/C12H10N4O2S2/c17-9-8(10(18)16-12(20)15-9)4-2-1-3-7-5-13-11(19)14-6-7/h1-5H,6H2,(H,14,19)(H2,15,16,17,18,20). The van der Waals surface area contributed by atoms with E-state index >= 15 is 0 Å². The molecule has 2 aliphatic rings. The van der Waals surface area contributed by atoms with E-state index in [0.29, 0.717) is 11.7 Å². The van der Waals surface area contributed by atoms with Crippen molar-refractivity contribution >= 4 is 52.7 Å². The van der Waals surface area contributed by atoms with Crippen molar-refractivity contribution in [1.29, 1.82) is 0 Å². The Bertz CT molecular complexity index is 595. The fourth-order valence-electron chi connectivity index (χ4n) is 1.47. The first kappa shape index (κ1) is 14.2. The molecule has 2 aliphatic heterocycles. The van der Waals surface area contributed by atoms with Crippen LogP contribution in [0.2, 0.25) is 0 Å². The van der Waals surface area contributed by atoms with E-state index in [1.807, 2.05) is 0 Å². The maximum atomic E-state index is 11.5. The molecule has 0 spiro atoms. The maximum Gasteiger partial charge on any atom is 0.263 e. The minimum absolute atomic E-state index is 0.00450. The zero-order valence-corrected chi connectivity index (χ0v) is 11.8. The third-order valence-electron chi connectivity index (χ3n) is 2.42. The molecule has 102 valence electrons. The van der Waals surface area contributed by atoms with Gasteiger partial charge in [-0.15, -0.1) is 0 Å². The Labute approximate surface area is 125 Å². The molecule has 1 fully saturated rings. The van der Waals surface area contributed by atoms with E-state index in [1.54, 1.807) is 24.4 Å². The summed E-state index contributed by atoms with van der Waals surface area (Å²) < 4.78 is 0. The summed E-state index contributed by atoms with van der Waals surface area (Å²) in [6, 6.07) is 0. The van der Waals surface area contributed by atoms with E-state index in [4.69, 9.17) is 24.4 Å². The van der Waals surface area contributed by atoms with Gasteiger partial charge in [0.2, 0.25) is 0 Å². The van der Waals surface area contributed by atoms with Crippen LogP contribution in [0.15, 0.2) is 40.4 Å². The zero-order chi connectivity index (χ0) is 14.5. The summed E-state index contributed by atoms with van der Waals surface area (Å²) in [5.41, 5.74) is 0.942. The van der Waals surface area contributed by atoms with Crippen LogP contribution in [0.3, 0.4) is 0 Å². The van der Waals surface area contributed by atoms with Crippen LogP contribution in [-0.2, 0) is 9.59 Å². The number of carbonyl (C=O) groups excluding carboxylic acids is 2. The van der Waals surface area contributed by atoms with Crippen molar-refractivity contribution in [2.75, 3.05) is 6.54 Å². The smallest absolute Gasteiger partial charge is 0.263 e. The second-order valence-corrected chi connectivity index (χ2v) is 4.66. The third kappa shape index (κ3) is 3.65. The van der Waals surface area contributed by atoms with Crippen molar-refractivity contribution in [1.82, 2.24) is 16.0 Å². The lowest BCUT2D eigenvalue weighted by molar-refractivity contribution is -0.123. The molecule has 0 aromatic carbocycles. The van der Waals surface area contributed by atoms with Gasteiger partial charge in [0, 0.05) is 12.8 Å². The number of nitrogens with zero attached hydrogens (tertiary/aromatic N) is 1. The molecule has 1 saturated heterocycles. The van der Waals surface area contributed by atoms with Crippen LogP contribution in [-0.4, -0.2) is 34.8 Å². The van der Waals surface area contributed by atoms with Gasteiger partial charge in [-0.2, -0.15) is 0 Å². The van der Waals surface area contributed by atoms with Gasteiger partial charge >= 0.3 is 0 Å². The van der Waals surface area contributed by atoms with Crippen molar-refractivity contribution in [3.8, 4) is 0 Å². The number of hydrogen-bond donors (Lipinski definition) is 3. The van der Waals surface area contributed by atoms with Crippen molar-refractivity contribution in [3.63, 3.8) is 0 Å². The van der Waals surface area contributed by atoms with E-state index in [1.165, 1.54) is 6.08 Å². The number of allylic oxidation sites excluding steroid dienone is 4. The second kappa shape index (κ2) is 6.31. The molecule has 0 aromatic rings. The van der Waals surface area contributed by atoms with E-state index < -0.39 is 11.8 Å². The van der Waals surface area contributed by atoms with Crippen LogP contribution in [0, 0.1) is 0 Å². The van der Waals surface area contributed by atoms with Crippen molar-refractivity contribution in [3.05, 3.63) is 35.5 Å². The Hall–Kier alpha value is -2.19. The fourth-order valence-corrected chi connectivity index (χ4v) is 1.78. The van der Waals surface area contributed by atoms with Gasteiger partial charge in [0.15, 0.2) is 10.2 Å². The Morgan fingerprint density at radius 1 is 1.10 bits per heavy atom. The van der Waals surface area contributed by atoms with Crippen LogP contribution in [0.4, 0.5) is 0 Å². The van der Waals surface area contributed by atoms with Crippen LogP contribution >= 0.6 is 24.4 Å². The van der Waals surface area contributed by atoms with Crippen molar-refractivity contribution in [2.45, 2.75) is 0 Å². The van der Waals surface area contributed by atoms with Gasteiger partial charge in [-0.3, -0.25) is 20.2 Å². The van der Waals surface area contributed by atoms with Gasteiger partial charge in [0.05, 0.1) is 0 Å². The molecule has 0 aliphatic carbocycles. The van der Waals surface area contributed by atoms with Gasteiger partial charge < -0.3 is 5.32 Å². The largest absolute Gasteiger partial charge is 0.357 e. The summed E-state index contributed by atoms with van der Waals surface area (Å²) in [7, 11) is 0. The highest BCUT2D eigenvalue weighted by Crippen LogP contribution is 2.02. The molecule has 3 N–H and O–H groups in total. The highest BCUT2D eigenvalue weighted by atomic mass is 32.1. The summed E-state index contributed by atoms with van der Waals surface area (Å²) in [5, 5.41) is 8.09. The monoisotopic (exact) mass is 306 g/mol. The topological polar surface area (TPSA) is 82.6 Å². The number of hydrogen-bond acceptors (Lipinski definition) is 4. The number of thiocarbonyl (C=S) groups is 2. The highest BCUT2D eigenvalue weighted by Gasteiger charge is 2.24. The first-order valence-corrected chi connectivity index (χ1v) is 6.44. The molecule has 0 unspecified atom stereocenters. The maximum absolute atomic E-state index is 11.5. The van der Waals surface area contributed by atoms with E-state index in [-0.39, 0.29) is 10.7 Å². The van der Waals surface area contributed by atoms with Crippen molar-refractivity contribution < 1.29 is 9.59 Å². The summed E-state index contributed by atoms with van der Waals surface area (Å²) in [6.07, 6.45) is 8.18. The zero-order valence-electron chi connectivity index (χ0n) is 10.2. The molecular formula is C12H10N4O2S2. The van der Waals surface area contributed by atoms with Crippen molar-refractivity contribution in [2.24, 2.45) is 4.99 Å². The predicted molar refractivity (Wildman–Crippen MR) is 83.3 cm³/mol. The summed E-state index contributed by atoms with van der Waals surface area (Å²) in [4.78, 5) is 27.0. The van der Waals surface area contributed by atoms with Gasteiger partial charge in [-0.25, -0.2) is 4.99 Å². The second-order valence-electron chi connectivity index (χ2n) is 3.86. The van der Waals surface area contributed by atoms with Crippen LogP contribution in [0.5, 0.6) is 0 Å². The minimum Gasteiger partial charge on any atom is -0.357 e. The number of aliphatic imine (C=N–C) groups is 1. The Kier molecular flexibility index (Phi) is 4.49. The number of carbonyl (C=O) groups is 2.